The molecule has 0 aliphatic rings. The third kappa shape index (κ3) is 4.39. The average Bonchev–Trinajstić information content (AvgIpc) is 3.17. The lowest BCUT2D eigenvalue weighted by molar-refractivity contribution is 0.100. The predicted molar refractivity (Wildman–Crippen MR) is 117 cm³/mol. The lowest BCUT2D eigenvalue weighted by Gasteiger charge is -2.09. The number of aromatic nitrogens is 2. The van der Waals surface area contributed by atoms with Gasteiger partial charge in [-0.1, -0.05) is 36.4 Å². The number of hydrogen-bond acceptors (Lipinski definition) is 7. The summed E-state index contributed by atoms with van der Waals surface area (Å²) in [7, 11) is 1.58. The van der Waals surface area contributed by atoms with Gasteiger partial charge in [-0.05, 0) is 35.6 Å². The van der Waals surface area contributed by atoms with Crippen LogP contribution in [0.15, 0.2) is 72.9 Å². The monoisotopic (exact) mass is 418 g/mol. The molecule has 0 fully saturated rings. The fourth-order valence-corrected chi connectivity index (χ4v) is 3.55. The minimum atomic E-state index is -0.490. The summed E-state index contributed by atoms with van der Waals surface area (Å²) in [6.45, 7) is 0. The minimum Gasteiger partial charge on any atom is -0.473 e. The highest BCUT2D eigenvalue weighted by Gasteiger charge is 2.16. The van der Waals surface area contributed by atoms with Crippen molar-refractivity contribution >= 4 is 28.7 Å². The van der Waals surface area contributed by atoms with Crippen LogP contribution in [0, 0.1) is 0 Å². The van der Waals surface area contributed by atoms with E-state index in [1.54, 1.807) is 43.6 Å². The first kappa shape index (κ1) is 19.4. The number of carbonyl (C=O) groups excluding carboxylic acids is 1. The molecule has 8 heteroatoms. The van der Waals surface area contributed by atoms with E-state index >= 15 is 0 Å². The van der Waals surface area contributed by atoms with Gasteiger partial charge in [0.1, 0.15) is 17.3 Å². The molecule has 0 radical (unpaired) electrons. The Labute approximate surface area is 177 Å². The molecule has 2 heterocycles. The van der Waals surface area contributed by atoms with Crippen molar-refractivity contribution < 1.29 is 14.3 Å². The molecule has 0 saturated carbocycles. The number of nitrogens with two attached hydrogens (primary N) is 1. The topological polar surface area (TPSA) is 99.4 Å². The quantitative estimate of drug-likeness (QED) is 0.445. The van der Waals surface area contributed by atoms with Crippen molar-refractivity contribution in [2.75, 3.05) is 12.4 Å². The number of anilines is 2. The predicted octanol–water partition coefficient (Wildman–Crippen LogP) is 4.85. The summed E-state index contributed by atoms with van der Waals surface area (Å²) in [5, 5.41) is 4.28. The van der Waals surface area contributed by atoms with Crippen molar-refractivity contribution in [3.63, 3.8) is 0 Å². The van der Waals surface area contributed by atoms with Gasteiger partial charge < -0.3 is 20.5 Å². The Morgan fingerprint density at radius 2 is 1.90 bits per heavy atom. The number of ether oxygens (including phenoxy) is 2. The second-order valence-electron chi connectivity index (χ2n) is 6.23. The maximum absolute atomic E-state index is 11.4. The molecule has 0 saturated heterocycles. The standard InChI is InChI=1S/C22H18N4O3S/c1-28-22-26-19(14-6-3-2-4-7-14)21(30-22)29-17-10-11-24-18(13-17)25-16-9-5-8-15(12-16)20(23)27/h2-13H,1H3,(H2,23,27)(H,24,25). The van der Waals surface area contributed by atoms with Gasteiger partial charge in [0.2, 0.25) is 11.0 Å². The molecule has 0 aliphatic heterocycles. The molecule has 1 amide bonds. The van der Waals surface area contributed by atoms with E-state index in [0.717, 1.165) is 5.56 Å². The average molecular weight is 418 g/mol. The number of pyridine rings is 1. The van der Waals surface area contributed by atoms with Crippen LogP contribution in [-0.4, -0.2) is 23.0 Å². The first-order valence-corrected chi connectivity index (χ1v) is 9.85. The van der Waals surface area contributed by atoms with Crippen LogP contribution in [0.4, 0.5) is 11.5 Å². The number of carbonyl (C=O) groups is 1. The Bertz CT molecular complexity index is 1180. The maximum atomic E-state index is 11.4. The Hall–Kier alpha value is -3.91. The summed E-state index contributed by atoms with van der Waals surface area (Å²) in [5.41, 5.74) is 8.09. The van der Waals surface area contributed by atoms with Gasteiger partial charge in [-0.2, -0.15) is 4.98 Å². The molecule has 30 heavy (non-hydrogen) atoms. The zero-order valence-electron chi connectivity index (χ0n) is 16.0. The number of primary amides is 1. The summed E-state index contributed by atoms with van der Waals surface area (Å²) in [4.78, 5) is 20.2. The summed E-state index contributed by atoms with van der Waals surface area (Å²) < 4.78 is 11.4. The first-order valence-electron chi connectivity index (χ1n) is 9.03. The summed E-state index contributed by atoms with van der Waals surface area (Å²) in [6.07, 6.45) is 1.63. The SMILES string of the molecule is COc1nc(-c2ccccc2)c(Oc2ccnc(Nc3cccc(C(N)=O)c3)c2)s1. The van der Waals surface area contributed by atoms with Gasteiger partial charge in [0, 0.05) is 29.1 Å². The number of thiazole rings is 1. The van der Waals surface area contributed by atoms with Crippen LogP contribution in [0.25, 0.3) is 11.3 Å². The van der Waals surface area contributed by atoms with Crippen molar-refractivity contribution in [3.8, 4) is 27.3 Å². The smallest absolute Gasteiger partial charge is 0.277 e. The van der Waals surface area contributed by atoms with Crippen molar-refractivity contribution in [2.24, 2.45) is 5.73 Å². The third-order valence-corrected chi connectivity index (χ3v) is 5.05. The fraction of sp³-hybridized carbons (Fsp3) is 0.0455. The van der Waals surface area contributed by atoms with Gasteiger partial charge in [-0.15, -0.1) is 0 Å². The molecule has 0 aliphatic carbocycles. The molecule has 2 aromatic heterocycles. The molecule has 3 N–H and O–H groups in total. The van der Waals surface area contributed by atoms with Crippen LogP contribution in [0.5, 0.6) is 16.0 Å². The highest BCUT2D eigenvalue weighted by Crippen LogP contribution is 2.41. The lowest BCUT2D eigenvalue weighted by atomic mass is 10.2. The second-order valence-corrected chi connectivity index (χ2v) is 7.16. The lowest BCUT2D eigenvalue weighted by Crippen LogP contribution is -2.10. The van der Waals surface area contributed by atoms with E-state index in [0.29, 0.717) is 38.8 Å². The van der Waals surface area contributed by atoms with Crippen LogP contribution in [0.3, 0.4) is 0 Å². The number of nitrogens with zero attached hydrogens (tertiary/aromatic N) is 2. The van der Waals surface area contributed by atoms with E-state index in [9.17, 15) is 4.79 Å². The Kier molecular flexibility index (Phi) is 5.58. The summed E-state index contributed by atoms with van der Waals surface area (Å²) in [6, 6.07) is 20.2. The number of hydrogen-bond donors (Lipinski definition) is 2. The number of methoxy groups -OCH3 is 1. The van der Waals surface area contributed by atoms with Gasteiger partial charge in [0.05, 0.1) is 7.11 Å². The molecule has 0 unspecified atom stereocenters. The zero-order chi connectivity index (χ0) is 20.9. The number of rotatable bonds is 7. The van der Waals surface area contributed by atoms with Crippen LogP contribution in [0.2, 0.25) is 0 Å². The Morgan fingerprint density at radius 1 is 1.07 bits per heavy atom. The van der Waals surface area contributed by atoms with E-state index in [4.69, 9.17) is 15.2 Å². The van der Waals surface area contributed by atoms with E-state index in [1.165, 1.54) is 11.3 Å². The summed E-state index contributed by atoms with van der Waals surface area (Å²) >= 11 is 1.32. The van der Waals surface area contributed by atoms with Crippen LogP contribution in [-0.2, 0) is 0 Å². The minimum absolute atomic E-state index is 0.414. The molecule has 150 valence electrons. The van der Waals surface area contributed by atoms with Crippen molar-refractivity contribution in [3.05, 3.63) is 78.5 Å². The van der Waals surface area contributed by atoms with E-state index in [2.05, 4.69) is 15.3 Å². The van der Waals surface area contributed by atoms with E-state index in [-0.39, 0.29) is 0 Å². The van der Waals surface area contributed by atoms with E-state index in [1.807, 2.05) is 36.4 Å². The van der Waals surface area contributed by atoms with E-state index < -0.39 is 5.91 Å². The molecule has 7 nitrogen and oxygen atoms in total. The second kappa shape index (κ2) is 8.62. The van der Waals surface area contributed by atoms with Crippen molar-refractivity contribution in [2.45, 2.75) is 0 Å². The van der Waals surface area contributed by atoms with Gasteiger partial charge in [0.25, 0.3) is 5.19 Å². The number of benzene rings is 2. The van der Waals surface area contributed by atoms with Gasteiger partial charge in [-0.25, -0.2) is 4.98 Å². The molecular formula is C22H18N4O3S. The van der Waals surface area contributed by atoms with Gasteiger partial charge in [0.15, 0.2) is 0 Å². The molecule has 4 rings (SSSR count). The Morgan fingerprint density at radius 3 is 2.67 bits per heavy atom. The Balaban J connectivity index is 1.59. The van der Waals surface area contributed by atoms with Crippen LogP contribution in [0.1, 0.15) is 10.4 Å². The first-order chi connectivity index (χ1) is 14.6. The van der Waals surface area contributed by atoms with Gasteiger partial charge in [-0.3, -0.25) is 4.79 Å². The highest BCUT2D eigenvalue weighted by atomic mass is 32.1. The number of amides is 1. The molecule has 0 atom stereocenters. The normalized spacial score (nSPS) is 10.4. The third-order valence-electron chi connectivity index (χ3n) is 4.16. The van der Waals surface area contributed by atoms with Crippen LogP contribution >= 0.6 is 11.3 Å². The fourth-order valence-electron chi connectivity index (χ4n) is 2.77. The van der Waals surface area contributed by atoms with Gasteiger partial charge >= 0.3 is 0 Å². The number of nitrogens with one attached hydrogen (secondary N) is 1. The molecule has 0 bridgehead atoms. The highest BCUT2D eigenvalue weighted by molar-refractivity contribution is 7.15. The van der Waals surface area contributed by atoms with Crippen LogP contribution < -0.4 is 20.5 Å². The van der Waals surface area contributed by atoms with Crippen molar-refractivity contribution in [1.82, 2.24) is 9.97 Å². The van der Waals surface area contributed by atoms with Crippen molar-refractivity contribution in [1.29, 1.82) is 0 Å². The zero-order valence-corrected chi connectivity index (χ0v) is 16.8. The summed E-state index contributed by atoms with van der Waals surface area (Å²) in [5.74, 6) is 0.658. The molecular weight excluding hydrogens is 400 g/mol. The molecule has 2 aromatic carbocycles. The molecule has 0 spiro atoms. The largest absolute Gasteiger partial charge is 0.473 e. The maximum Gasteiger partial charge on any atom is 0.277 e. The molecule has 4 aromatic rings.